The fraction of sp³-hybridized carbons (Fsp3) is 1.00. The molecule has 0 amide bonds. The number of rotatable bonds is 8. The van der Waals surface area contributed by atoms with Crippen molar-refractivity contribution in [1.82, 2.24) is 0 Å². The van der Waals surface area contributed by atoms with Gasteiger partial charge in [0, 0.05) is 5.41 Å². The van der Waals surface area contributed by atoms with Crippen LogP contribution in [0.1, 0.15) is 59.8 Å². The Morgan fingerprint density at radius 2 is 1.47 bits per heavy atom. The van der Waals surface area contributed by atoms with Crippen molar-refractivity contribution in [2.45, 2.75) is 59.8 Å². The predicted molar refractivity (Wildman–Crippen MR) is 70.1 cm³/mol. The summed E-state index contributed by atoms with van der Waals surface area (Å²) in [5, 5.41) is 0. The van der Waals surface area contributed by atoms with E-state index in [2.05, 4.69) is 41.8 Å². The summed E-state index contributed by atoms with van der Waals surface area (Å²) in [4.78, 5) is 0. The molecule has 92 valence electrons. The molecule has 0 fully saturated rings. The first-order valence-corrected chi connectivity index (χ1v) is 6.65. The summed E-state index contributed by atoms with van der Waals surface area (Å²) in [7, 11) is 4.76. The maximum atomic E-state index is 2.43. The largest absolute Gasteiger partial charge is 0.328 e. The number of quaternary nitrogens is 1. The Labute approximate surface area is 97.5 Å². The standard InChI is InChI=1S/C14H32N/c1-7-9-11-14(3,4)13-15(5,6)12-10-8-2/h7-13H2,1-6H3/q+1. The van der Waals surface area contributed by atoms with Crippen LogP contribution in [-0.4, -0.2) is 31.7 Å². The van der Waals surface area contributed by atoms with Gasteiger partial charge in [-0.1, -0.05) is 47.0 Å². The molecule has 0 aliphatic rings. The van der Waals surface area contributed by atoms with E-state index in [9.17, 15) is 0 Å². The van der Waals surface area contributed by atoms with E-state index < -0.39 is 0 Å². The van der Waals surface area contributed by atoms with Crippen LogP contribution in [-0.2, 0) is 0 Å². The molecule has 0 spiro atoms. The second-order valence-electron chi connectivity index (χ2n) is 6.44. The van der Waals surface area contributed by atoms with Crippen molar-refractivity contribution in [2.75, 3.05) is 27.2 Å². The van der Waals surface area contributed by atoms with Crippen molar-refractivity contribution in [2.24, 2.45) is 5.41 Å². The van der Waals surface area contributed by atoms with E-state index in [1.54, 1.807) is 0 Å². The van der Waals surface area contributed by atoms with Gasteiger partial charge in [-0.15, -0.1) is 0 Å². The lowest BCUT2D eigenvalue weighted by atomic mass is 9.86. The molecule has 0 aromatic carbocycles. The average Bonchev–Trinajstić information content (AvgIpc) is 2.10. The fourth-order valence-corrected chi connectivity index (χ4v) is 2.56. The number of nitrogens with zero attached hydrogens (tertiary/aromatic N) is 1. The van der Waals surface area contributed by atoms with Crippen LogP contribution in [0, 0.1) is 5.41 Å². The highest BCUT2D eigenvalue weighted by Gasteiger charge is 2.27. The summed E-state index contributed by atoms with van der Waals surface area (Å²) >= 11 is 0. The summed E-state index contributed by atoms with van der Waals surface area (Å²) in [6, 6.07) is 0. The van der Waals surface area contributed by atoms with E-state index in [0.29, 0.717) is 5.41 Å². The van der Waals surface area contributed by atoms with Crippen molar-refractivity contribution in [3.63, 3.8) is 0 Å². The van der Waals surface area contributed by atoms with Crippen molar-refractivity contribution < 1.29 is 4.48 Å². The van der Waals surface area contributed by atoms with Crippen LogP contribution in [0.5, 0.6) is 0 Å². The molecule has 0 aromatic rings. The molecule has 1 heteroatoms. The van der Waals surface area contributed by atoms with Crippen molar-refractivity contribution in [1.29, 1.82) is 0 Å². The van der Waals surface area contributed by atoms with E-state index in [-0.39, 0.29) is 0 Å². The summed E-state index contributed by atoms with van der Waals surface area (Å²) in [6.45, 7) is 12.1. The van der Waals surface area contributed by atoms with Crippen LogP contribution in [0.3, 0.4) is 0 Å². The number of hydrogen-bond acceptors (Lipinski definition) is 0. The molecular weight excluding hydrogens is 182 g/mol. The van der Waals surface area contributed by atoms with Gasteiger partial charge in [0.05, 0.1) is 27.2 Å². The molecule has 0 rings (SSSR count). The van der Waals surface area contributed by atoms with E-state index in [4.69, 9.17) is 0 Å². The zero-order chi connectivity index (χ0) is 11.9. The van der Waals surface area contributed by atoms with Gasteiger partial charge in [0.25, 0.3) is 0 Å². The second kappa shape index (κ2) is 6.52. The van der Waals surface area contributed by atoms with Crippen LogP contribution in [0.25, 0.3) is 0 Å². The Bertz CT molecular complexity index is 141. The summed E-state index contributed by atoms with van der Waals surface area (Å²) in [5.74, 6) is 0. The maximum absolute atomic E-state index is 2.43. The zero-order valence-electron chi connectivity index (χ0n) is 11.9. The molecule has 0 aliphatic carbocycles. The SMILES string of the molecule is CCCCC(C)(C)C[N+](C)(C)CCCC. The van der Waals surface area contributed by atoms with Gasteiger partial charge in [-0.3, -0.25) is 0 Å². The van der Waals surface area contributed by atoms with Crippen molar-refractivity contribution in [3.8, 4) is 0 Å². The topological polar surface area (TPSA) is 0 Å². The van der Waals surface area contributed by atoms with Crippen molar-refractivity contribution in [3.05, 3.63) is 0 Å². The molecule has 0 heterocycles. The van der Waals surface area contributed by atoms with Gasteiger partial charge in [0.2, 0.25) is 0 Å². The van der Waals surface area contributed by atoms with Gasteiger partial charge in [-0.25, -0.2) is 0 Å². The smallest absolute Gasteiger partial charge is 0.0834 e. The molecule has 0 bridgehead atoms. The molecule has 15 heavy (non-hydrogen) atoms. The van der Waals surface area contributed by atoms with E-state index >= 15 is 0 Å². The van der Waals surface area contributed by atoms with Crippen LogP contribution in [0.2, 0.25) is 0 Å². The minimum atomic E-state index is 0.507. The average molecular weight is 214 g/mol. The lowest BCUT2D eigenvalue weighted by Crippen LogP contribution is -2.47. The van der Waals surface area contributed by atoms with Gasteiger partial charge >= 0.3 is 0 Å². The predicted octanol–water partition coefficient (Wildman–Crippen LogP) is 4.08. The molecule has 0 saturated heterocycles. The van der Waals surface area contributed by atoms with E-state index in [0.717, 1.165) is 0 Å². The minimum Gasteiger partial charge on any atom is -0.328 e. The summed E-state index contributed by atoms with van der Waals surface area (Å²) in [6.07, 6.45) is 6.75. The van der Waals surface area contributed by atoms with Crippen LogP contribution in [0.4, 0.5) is 0 Å². The molecule has 1 nitrogen and oxygen atoms in total. The Kier molecular flexibility index (Phi) is 6.51. The highest BCUT2D eigenvalue weighted by atomic mass is 15.3. The molecule has 0 aromatic heterocycles. The Balaban J connectivity index is 4.04. The quantitative estimate of drug-likeness (QED) is 0.534. The first kappa shape index (κ1) is 15.0. The van der Waals surface area contributed by atoms with Gasteiger partial charge < -0.3 is 4.48 Å². The normalized spacial score (nSPS) is 13.2. The Morgan fingerprint density at radius 1 is 0.933 bits per heavy atom. The van der Waals surface area contributed by atoms with Gasteiger partial charge in [0.1, 0.15) is 0 Å². The summed E-state index contributed by atoms with van der Waals surface area (Å²) in [5.41, 5.74) is 0.507. The minimum absolute atomic E-state index is 0.507. The second-order valence-corrected chi connectivity index (χ2v) is 6.44. The maximum Gasteiger partial charge on any atom is 0.0834 e. The number of hydrogen-bond donors (Lipinski definition) is 0. The molecule has 0 atom stereocenters. The van der Waals surface area contributed by atoms with Gasteiger partial charge in [0.15, 0.2) is 0 Å². The van der Waals surface area contributed by atoms with Crippen LogP contribution in [0.15, 0.2) is 0 Å². The van der Waals surface area contributed by atoms with Gasteiger partial charge in [-0.05, 0) is 12.8 Å². The van der Waals surface area contributed by atoms with E-state index in [1.807, 2.05) is 0 Å². The molecule has 0 radical (unpaired) electrons. The Hall–Kier alpha value is -0.0400. The molecular formula is C14H32N+. The monoisotopic (exact) mass is 214 g/mol. The lowest BCUT2D eigenvalue weighted by molar-refractivity contribution is -0.896. The lowest BCUT2D eigenvalue weighted by Gasteiger charge is -2.37. The Morgan fingerprint density at radius 3 is 1.93 bits per heavy atom. The zero-order valence-corrected chi connectivity index (χ0v) is 11.9. The summed E-state index contributed by atoms with van der Waals surface area (Å²) < 4.78 is 1.19. The van der Waals surface area contributed by atoms with Crippen molar-refractivity contribution >= 4 is 0 Å². The third kappa shape index (κ3) is 7.84. The molecule has 0 unspecified atom stereocenters. The third-order valence-corrected chi connectivity index (χ3v) is 3.18. The first-order chi connectivity index (χ1) is 6.83. The highest BCUT2D eigenvalue weighted by molar-refractivity contribution is 4.67. The fourth-order valence-electron chi connectivity index (χ4n) is 2.56. The highest BCUT2D eigenvalue weighted by Crippen LogP contribution is 2.26. The van der Waals surface area contributed by atoms with E-state index in [1.165, 1.54) is 49.7 Å². The van der Waals surface area contributed by atoms with Crippen LogP contribution >= 0.6 is 0 Å². The third-order valence-electron chi connectivity index (χ3n) is 3.18. The molecule has 0 aliphatic heterocycles. The van der Waals surface area contributed by atoms with Gasteiger partial charge in [-0.2, -0.15) is 0 Å². The molecule has 0 N–H and O–H groups in total. The molecule has 0 saturated carbocycles. The number of unbranched alkanes of at least 4 members (excludes halogenated alkanes) is 2. The first-order valence-electron chi connectivity index (χ1n) is 6.65. The van der Waals surface area contributed by atoms with Crippen LogP contribution < -0.4 is 0 Å².